The van der Waals surface area contributed by atoms with Gasteiger partial charge in [0.2, 0.25) is 11.9 Å². The van der Waals surface area contributed by atoms with Gasteiger partial charge in [-0.3, -0.25) is 23.7 Å². The third-order valence-corrected chi connectivity index (χ3v) is 22.1. The van der Waals surface area contributed by atoms with Gasteiger partial charge in [0.05, 0.1) is 56.1 Å². The molecule has 8 aromatic heterocycles. The van der Waals surface area contributed by atoms with Gasteiger partial charge in [0.15, 0.2) is 44.0 Å². The van der Waals surface area contributed by atoms with Crippen LogP contribution in [0.4, 0.5) is 20.7 Å². The van der Waals surface area contributed by atoms with E-state index in [0.717, 1.165) is 127 Å². The number of sulfone groups is 1. The standard InChI is InChI=1S/C23H31N5O2.C17H15BrN2O.C17H16ClN3O.C14H21N5O2S.C12H10F2N2O3/c1-5-24-22-20-23(27-21(26-20)15(2)3)28(14-25-22)13-16-10-11-18(29-4)19(12-16)30-17-8-6-7-9-17;1-3-20-16(21)10-15(12-5-4-6-13(18)9-12)14-8-7-11(2)19-17(14)20;1-3-13-8-9-14-15(11-6-5-7-12(18)10-11)20-17(22)21(4-2)16(14)19-13;1-9-8-11(9)12-16-13(15-10-2-3-10)18-14(17-12)19-4-6-22(20,21)7-5-19;1-18-10-6-7(2-4-9(10)19-12(13)14)8-3-5-11(17)16-15-8/h10-12,14-15,17H,5-9,13H2,1-4H3,(H,26,27);4-10H,3H2,1-2H3;5-10H,3-4H2,1-2H3;9-11H,2-8H2,1H3,(H,15,16,17,18);2-6,12H,1H3,(H,16,17). The van der Waals surface area contributed by atoms with E-state index >= 15 is 0 Å². The van der Waals surface area contributed by atoms with Crippen molar-refractivity contribution in [2.45, 2.75) is 157 Å². The first kappa shape index (κ1) is 82.6. The predicted molar refractivity (Wildman–Crippen MR) is 443 cm³/mol. The molecule has 31 heteroatoms. The van der Waals surface area contributed by atoms with Crippen LogP contribution in [0.2, 0.25) is 5.02 Å². The molecule has 4 fully saturated rings. The van der Waals surface area contributed by atoms with Crippen molar-refractivity contribution in [1.82, 2.24) is 68.8 Å². The van der Waals surface area contributed by atoms with E-state index in [1.165, 1.54) is 44.2 Å². The Morgan fingerprint density at radius 3 is 2.10 bits per heavy atom. The number of ether oxygens (including phenoxy) is 4. The number of aromatic nitrogens is 14. The zero-order chi connectivity index (χ0) is 80.9. The second-order valence-corrected chi connectivity index (χ2v) is 32.1. The average Bonchev–Trinajstić information content (AvgIpc) is 1.78. The summed E-state index contributed by atoms with van der Waals surface area (Å²) < 4.78 is 75.0. The molecule has 2 atom stereocenters. The second-order valence-electron chi connectivity index (χ2n) is 28.4. The normalized spacial score (nSPS) is 15.8. The van der Waals surface area contributed by atoms with Gasteiger partial charge < -0.3 is 38.7 Å². The van der Waals surface area contributed by atoms with E-state index in [-0.39, 0.29) is 45.9 Å². The molecular weight excluding hydrogens is 1560 g/mol. The van der Waals surface area contributed by atoms with Crippen LogP contribution in [0.25, 0.3) is 66.9 Å². The maximum absolute atomic E-state index is 12.4. The van der Waals surface area contributed by atoms with Gasteiger partial charge in [-0.25, -0.2) is 38.2 Å². The number of alkyl halides is 2. The van der Waals surface area contributed by atoms with E-state index in [1.54, 1.807) is 34.4 Å². The van der Waals surface area contributed by atoms with Crippen LogP contribution in [-0.2, 0) is 35.9 Å². The van der Waals surface area contributed by atoms with Crippen molar-refractivity contribution in [2.24, 2.45) is 10.9 Å². The number of nitrogens with zero attached hydrogens (tertiary/aromatic N) is 14. The number of benzene rings is 4. The van der Waals surface area contributed by atoms with Gasteiger partial charge in [-0.2, -0.15) is 33.8 Å². The summed E-state index contributed by atoms with van der Waals surface area (Å²) in [5.41, 5.74) is 10.7. The van der Waals surface area contributed by atoms with E-state index in [2.05, 4.69) is 119 Å². The van der Waals surface area contributed by atoms with E-state index in [1.807, 2.05) is 119 Å². The first-order valence-corrected chi connectivity index (χ1v) is 41.3. The number of imidazole rings is 1. The highest BCUT2D eigenvalue weighted by molar-refractivity contribution is 9.10. The molecular formula is C83H93BrClF2N17O9S. The van der Waals surface area contributed by atoms with Crippen LogP contribution < -0.4 is 51.5 Å². The number of halogens is 4. The molecule has 0 spiro atoms. The molecule has 1 aliphatic heterocycles. The lowest BCUT2D eigenvalue weighted by Gasteiger charge is -2.27. The molecule has 16 rings (SSSR count). The highest BCUT2D eigenvalue weighted by Gasteiger charge is 2.38. The first-order chi connectivity index (χ1) is 54.9. The molecule has 1 saturated heterocycles. The number of hydrogen-bond acceptors (Lipinski definition) is 21. The molecule has 0 amide bonds. The molecule has 2 unspecified atom stereocenters. The maximum atomic E-state index is 12.4. The van der Waals surface area contributed by atoms with E-state index in [4.69, 9.17) is 30.8 Å². The molecule has 0 bridgehead atoms. The molecule has 4 aromatic carbocycles. The molecule has 3 aliphatic carbocycles. The predicted octanol–water partition coefficient (Wildman–Crippen LogP) is 14.9. The minimum absolute atomic E-state index is 0.0157. The molecule has 598 valence electrons. The summed E-state index contributed by atoms with van der Waals surface area (Å²) in [5, 5.41) is 11.9. The zero-order valence-electron chi connectivity index (χ0n) is 65.3. The fourth-order valence-electron chi connectivity index (χ4n) is 13.3. The molecule has 0 radical (unpaired) electrons. The number of anilines is 2. The van der Waals surface area contributed by atoms with E-state index in [0.29, 0.717) is 108 Å². The van der Waals surface area contributed by atoms with E-state index < -0.39 is 16.4 Å². The zero-order valence-corrected chi connectivity index (χ0v) is 68.5. The fraction of sp³-hybridized carbons (Fsp3) is 0.386. The lowest BCUT2D eigenvalue weighted by atomic mass is 10.0. The van der Waals surface area contributed by atoms with Crippen LogP contribution in [-0.4, -0.2) is 141 Å². The van der Waals surface area contributed by atoms with Crippen LogP contribution in [0.1, 0.15) is 134 Å². The summed E-state index contributed by atoms with van der Waals surface area (Å²) in [6.45, 7) is 16.8. The van der Waals surface area contributed by atoms with Crippen molar-refractivity contribution in [3.63, 3.8) is 0 Å². The molecule has 26 nitrogen and oxygen atoms in total. The number of fused-ring (bicyclic) bond motifs is 3. The van der Waals surface area contributed by atoms with Crippen molar-refractivity contribution in [3.05, 3.63) is 208 Å². The summed E-state index contributed by atoms with van der Waals surface area (Å²) in [7, 11) is 0.137. The van der Waals surface area contributed by atoms with Crippen molar-refractivity contribution < 1.29 is 36.1 Å². The van der Waals surface area contributed by atoms with Crippen molar-refractivity contribution in [3.8, 4) is 56.6 Å². The second kappa shape index (κ2) is 37.4. The molecule has 4 aliphatic rings. The van der Waals surface area contributed by atoms with Gasteiger partial charge in [0, 0.05) is 106 Å². The first-order valence-electron chi connectivity index (χ1n) is 38.3. The van der Waals surface area contributed by atoms with Crippen LogP contribution in [0.5, 0.6) is 23.0 Å². The minimum Gasteiger partial charge on any atom is -0.493 e. The molecule has 9 heterocycles. The fourth-order valence-corrected chi connectivity index (χ4v) is 15.1. The van der Waals surface area contributed by atoms with Crippen molar-refractivity contribution in [2.75, 3.05) is 55.6 Å². The van der Waals surface area contributed by atoms with E-state index in [9.17, 15) is 31.6 Å². The lowest BCUT2D eigenvalue weighted by Crippen LogP contribution is -2.41. The Hall–Kier alpha value is -10.9. The number of hydrogen-bond donors (Lipinski definition) is 3. The highest BCUT2D eigenvalue weighted by Crippen LogP contribution is 2.46. The van der Waals surface area contributed by atoms with Crippen LogP contribution in [0, 0.1) is 12.8 Å². The van der Waals surface area contributed by atoms with Crippen molar-refractivity contribution in [1.29, 1.82) is 0 Å². The third-order valence-electron chi connectivity index (χ3n) is 19.7. The Bertz CT molecular complexity index is 5780. The average molecular weight is 1660 g/mol. The van der Waals surface area contributed by atoms with Crippen molar-refractivity contribution >= 4 is 82.5 Å². The molecule has 3 saturated carbocycles. The highest BCUT2D eigenvalue weighted by atomic mass is 79.9. The van der Waals surface area contributed by atoms with Crippen LogP contribution in [0.15, 0.2) is 158 Å². The van der Waals surface area contributed by atoms with Gasteiger partial charge in [-0.05, 0) is 187 Å². The summed E-state index contributed by atoms with van der Waals surface area (Å²) in [5.74, 6) is 6.47. The molecule has 3 N–H and O–H groups in total. The van der Waals surface area contributed by atoms with Crippen LogP contribution >= 0.6 is 27.5 Å². The van der Waals surface area contributed by atoms with Gasteiger partial charge in [0.1, 0.15) is 28.5 Å². The lowest BCUT2D eigenvalue weighted by molar-refractivity contribution is -0.0512. The quantitative estimate of drug-likeness (QED) is 0.0638. The number of methoxy groups -OCH3 is 2. The number of nitrogens with one attached hydrogen (secondary N) is 3. The summed E-state index contributed by atoms with van der Waals surface area (Å²) >= 11 is 9.55. The minimum atomic E-state index is -2.93. The van der Waals surface area contributed by atoms with Gasteiger partial charge in [-0.1, -0.05) is 85.6 Å². The monoisotopic (exact) mass is 1660 g/mol. The SMILES string of the molecule is CC1CC1c1nc(NC2CC2)nc(N2CCS(=O)(=O)CC2)n1.CCN=c1ncn(Cc2ccc(OC)c(OC3CCCC3)c2)c2nc(C(C)C)[nH]c12.CCc1ccc2c(-c3cccc(Cl)c3)nc(=O)n(CC)c2n1.CCn1c(=O)cc(-c2cccc(Br)c2)c2ccc(C)nc21.COc1cc(-c2ccc(=O)[nH]n2)ccc1OC(F)F. The van der Waals surface area contributed by atoms with Gasteiger partial charge in [0.25, 0.3) is 11.1 Å². The summed E-state index contributed by atoms with van der Waals surface area (Å²) in [4.78, 5) is 82.1. The number of aryl methyl sites for hydroxylation is 4. The summed E-state index contributed by atoms with van der Waals surface area (Å²) in [6, 6.07) is 38.9. The Morgan fingerprint density at radius 2 is 1.44 bits per heavy atom. The maximum Gasteiger partial charge on any atom is 0.387 e. The Balaban J connectivity index is 0.000000133. The number of rotatable bonds is 20. The van der Waals surface area contributed by atoms with Crippen LogP contribution in [0.3, 0.4) is 0 Å². The Labute approximate surface area is 672 Å². The number of pyridine rings is 3. The Morgan fingerprint density at radius 1 is 0.719 bits per heavy atom. The topological polar surface area (TPSA) is 312 Å². The molecule has 12 aromatic rings. The third kappa shape index (κ3) is 20.7. The summed E-state index contributed by atoms with van der Waals surface area (Å²) in [6.07, 6.45) is 11.1. The smallest absolute Gasteiger partial charge is 0.387 e. The molecule has 114 heavy (non-hydrogen) atoms. The van der Waals surface area contributed by atoms with Gasteiger partial charge >= 0.3 is 12.3 Å². The number of H-pyrrole nitrogens is 2. The Kier molecular flexibility index (Phi) is 27.1. The largest absolute Gasteiger partial charge is 0.493 e. The number of aromatic amines is 2. The van der Waals surface area contributed by atoms with Gasteiger partial charge in [-0.15, -0.1) is 0 Å².